The number of fused-ring (bicyclic) bond motifs is 1. The summed E-state index contributed by atoms with van der Waals surface area (Å²) in [5, 5.41) is 0. The number of aromatic nitrogens is 2. The van der Waals surface area contributed by atoms with Crippen molar-refractivity contribution in [3.8, 4) is 11.1 Å². The van der Waals surface area contributed by atoms with Crippen LogP contribution in [-0.2, 0) is 16.6 Å². The molecule has 0 aliphatic carbocycles. The molecule has 0 unspecified atom stereocenters. The van der Waals surface area contributed by atoms with Gasteiger partial charge in [0.2, 0.25) is 10.0 Å². The van der Waals surface area contributed by atoms with E-state index in [2.05, 4.69) is 9.82 Å². The molecule has 0 aliphatic rings. The van der Waals surface area contributed by atoms with Crippen LogP contribution in [0.4, 0.5) is 8.78 Å². The smallest absolute Gasteiger partial charge is 0.242 e. The number of pyridine rings is 1. The molecule has 30 heavy (non-hydrogen) atoms. The minimum Gasteiger partial charge on any atom is -0.336 e. The highest BCUT2D eigenvalue weighted by Crippen LogP contribution is 2.35. The predicted molar refractivity (Wildman–Crippen MR) is 114 cm³/mol. The summed E-state index contributed by atoms with van der Waals surface area (Å²) in [4.78, 5) is 6.64. The topological polar surface area (TPSA) is 67.2 Å². The van der Waals surface area contributed by atoms with E-state index in [0.717, 1.165) is 10.5 Å². The first-order valence-electron chi connectivity index (χ1n) is 9.02. The van der Waals surface area contributed by atoms with E-state index in [-0.39, 0.29) is 18.0 Å². The Balaban J connectivity index is 2.22. The van der Waals surface area contributed by atoms with Crippen LogP contribution in [0, 0.1) is 12.7 Å². The van der Waals surface area contributed by atoms with Crippen molar-refractivity contribution in [2.45, 2.75) is 18.4 Å². The average molecular weight is 455 g/mol. The van der Waals surface area contributed by atoms with Gasteiger partial charge in [0.15, 0.2) is 0 Å². The second-order valence-corrected chi connectivity index (χ2v) is 9.29. The van der Waals surface area contributed by atoms with Crippen molar-refractivity contribution in [3.05, 3.63) is 59.9 Å². The van der Waals surface area contributed by atoms with E-state index in [1.165, 1.54) is 38.4 Å². The lowest BCUT2D eigenvalue weighted by Gasteiger charge is -2.12. The van der Waals surface area contributed by atoms with Crippen LogP contribution in [0.25, 0.3) is 22.2 Å². The van der Waals surface area contributed by atoms with Gasteiger partial charge in [-0.1, -0.05) is 12.1 Å². The van der Waals surface area contributed by atoms with Crippen LogP contribution in [0.5, 0.6) is 0 Å². The molecular weight excluding hydrogens is 434 g/mol. The first-order valence-corrected chi connectivity index (χ1v) is 10.8. The maximum Gasteiger partial charge on any atom is 0.242 e. The number of sulfonamides is 1. The maximum atomic E-state index is 14.3. The Morgan fingerprint density at radius 1 is 1.33 bits per heavy atom. The molecule has 2 aromatic heterocycles. The van der Waals surface area contributed by atoms with Crippen LogP contribution in [0.3, 0.4) is 0 Å². The van der Waals surface area contributed by atoms with Crippen molar-refractivity contribution in [1.29, 1.82) is 0 Å². The summed E-state index contributed by atoms with van der Waals surface area (Å²) in [6.07, 6.45) is 2.37. The molecule has 6 nitrogen and oxygen atoms in total. The van der Waals surface area contributed by atoms with Gasteiger partial charge in [-0.3, -0.25) is 4.98 Å². The largest absolute Gasteiger partial charge is 0.336 e. The fourth-order valence-corrected chi connectivity index (χ4v) is 4.28. The summed E-state index contributed by atoms with van der Waals surface area (Å²) in [6.45, 7) is 1.76. The molecule has 0 saturated heterocycles. The Hall–Kier alpha value is -2.33. The molecule has 1 aromatic carbocycles. The van der Waals surface area contributed by atoms with E-state index in [0.29, 0.717) is 27.9 Å². The van der Waals surface area contributed by atoms with Gasteiger partial charge in [-0.2, -0.15) is 0 Å². The zero-order chi connectivity index (χ0) is 22.1. The van der Waals surface area contributed by atoms with Crippen LogP contribution in [0.15, 0.2) is 53.3 Å². The zero-order valence-corrected chi connectivity index (χ0v) is 18.2. The molecule has 0 bridgehead atoms. The Morgan fingerprint density at radius 2 is 2.07 bits per heavy atom. The SMILES string of the molecule is Cc1c(-c2cccc(S(=O)(=O)N(C)C)c2)c2ncc(F)cc2n1C/C(F)=C/CNCl. The third kappa shape index (κ3) is 4.24. The molecule has 0 fully saturated rings. The predicted octanol–water partition coefficient (Wildman–Crippen LogP) is 4.00. The second-order valence-electron chi connectivity index (χ2n) is 6.87. The van der Waals surface area contributed by atoms with Crippen LogP contribution in [0.1, 0.15) is 5.69 Å². The molecule has 1 N–H and O–H groups in total. The average Bonchev–Trinajstić information content (AvgIpc) is 2.97. The zero-order valence-electron chi connectivity index (χ0n) is 16.7. The van der Waals surface area contributed by atoms with Gasteiger partial charge in [-0.25, -0.2) is 26.3 Å². The van der Waals surface area contributed by atoms with Crippen LogP contribution >= 0.6 is 11.8 Å². The van der Waals surface area contributed by atoms with Gasteiger partial charge in [0.25, 0.3) is 0 Å². The lowest BCUT2D eigenvalue weighted by atomic mass is 10.1. The minimum atomic E-state index is -3.65. The molecule has 0 aliphatic heterocycles. The number of nitrogens with zero attached hydrogens (tertiary/aromatic N) is 3. The molecule has 2 heterocycles. The molecule has 10 heteroatoms. The molecule has 0 spiro atoms. The molecule has 3 aromatic rings. The van der Waals surface area contributed by atoms with Crippen LogP contribution < -0.4 is 4.84 Å². The van der Waals surface area contributed by atoms with Crippen molar-refractivity contribution in [2.24, 2.45) is 0 Å². The number of hydrogen-bond acceptors (Lipinski definition) is 4. The molecule has 3 rings (SSSR count). The summed E-state index contributed by atoms with van der Waals surface area (Å²) >= 11 is 5.37. The Bertz CT molecular complexity index is 1220. The highest BCUT2D eigenvalue weighted by molar-refractivity contribution is 7.89. The van der Waals surface area contributed by atoms with E-state index >= 15 is 0 Å². The third-order valence-electron chi connectivity index (χ3n) is 4.74. The Labute approximate surface area is 178 Å². The van der Waals surface area contributed by atoms with Gasteiger partial charge in [0, 0.05) is 38.0 Å². The lowest BCUT2D eigenvalue weighted by Crippen LogP contribution is -2.22. The number of rotatable bonds is 7. The number of hydrogen-bond donors (Lipinski definition) is 1. The van der Waals surface area contributed by atoms with Crippen molar-refractivity contribution < 1.29 is 17.2 Å². The number of benzene rings is 1. The van der Waals surface area contributed by atoms with Gasteiger partial charge >= 0.3 is 0 Å². The van der Waals surface area contributed by atoms with Gasteiger partial charge in [-0.15, -0.1) is 0 Å². The summed E-state index contributed by atoms with van der Waals surface area (Å²) in [7, 11) is -0.740. The standard InChI is InChI=1S/C20H21ClF2N4O2S/c1-13-19(14-5-4-6-17(9-14)30(28,29)26(2)3)20-18(10-16(23)11-24-20)27(13)12-15(22)7-8-25-21/h4-7,9-11,25H,8,12H2,1-3H3/b15-7-. The monoisotopic (exact) mass is 454 g/mol. The van der Waals surface area contributed by atoms with Crippen molar-refractivity contribution >= 4 is 32.8 Å². The molecular formula is C20H21ClF2N4O2S. The third-order valence-corrected chi connectivity index (χ3v) is 6.71. The summed E-state index contributed by atoms with van der Waals surface area (Å²) < 4.78 is 56.1. The highest BCUT2D eigenvalue weighted by Gasteiger charge is 2.22. The van der Waals surface area contributed by atoms with E-state index in [1.807, 2.05) is 0 Å². The van der Waals surface area contributed by atoms with Crippen LogP contribution in [-0.4, -0.2) is 42.9 Å². The summed E-state index contributed by atoms with van der Waals surface area (Å²) in [5.41, 5.74) is 2.70. The highest BCUT2D eigenvalue weighted by atomic mass is 35.5. The molecule has 0 saturated carbocycles. The van der Waals surface area contributed by atoms with Gasteiger partial charge in [0.05, 0.1) is 28.7 Å². The Kier molecular flexibility index (Phi) is 6.56. The normalized spacial score (nSPS) is 12.8. The van der Waals surface area contributed by atoms with Crippen molar-refractivity contribution in [3.63, 3.8) is 0 Å². The minimum absolute atomic E-state index is 0.117. The first kappa shape index (κ1) is 22.4. The summed E-state index contributed by atoms with van der Waals surface area (Å²) in [6, 6.07) is 7.70. The molecule has 0 amide bonds. The number of halogens is 3. The van der Waals surface area contributed by atoms with Gasteiger partial charge in [-0.05, 0) is 42.5 Å². The molecule has 0 radical (unpaired) electrons. The summed E-state index contributed by atoms with van der Waals surface area (Å²) in [5.74, 6) is -1.01. The maximum absolute atomic E-state index is 14.3. The first-order chi connectivity index (χ1) is 14.2. The van der Waals surface area contributed by atoms with Crippen molar-refractivity contribution in [2.75, 3.05) is 20.6 Å². The molecule has 160 valence electrons. The van der Waals surface area contributed by atoms with Crippen molar-refractivity contribution in [1.82, 2.24) is 18.7 Å². The lowest BCUT2D eigenvalue weighted by molar-refractivity contribution is 0.521. The quantitative estimate of drug-likeness (QED) is 0.548. The number of nitrogens with one attached hydrogen (secondary N) is 1. The van der Waals surface area contributed by atoms with Crippen LogP contribution in [0.2, 0.25) is 0 Å². The van der Waals surface area contributed by atoms with E-state index in [1.54, 1.807) is 23.6 Å². The fraction of sp³-hybridized carbons (Fsp3) is 0.250. The van der Waals surface area contributed by atoms with Gasteiger partial charge in [0.1, 0.15) is 11.6 Å². The number of allylic oxidation sites excluding steroid dienone is 1. The van der Waals surface area contributed by atoms with Gasteiger partial charge < -0.3 is 4.57 Å². The van der Waals surface area contributed by atoms with E-state index in [4.69, 9.17) is 11.8 Å². The molecule has 0 atom stereocenters. The Morgan fingerprint density at radius 3 is 2.73 bits per heavy atom. The van der Waals surface area contributed by atoms with E-state index in [9.17, 15) is 17.2 Å². The van der Waals surface area contributed by atoms with E-state index < -0.39 is 21.7 Å². The fourth-order valence-electron chi connectivity index (χ4n) is 3.25. The second kappa shape index (κ2) is 8.81.